The van der Waals surface area contributed by atoms with E-state index in [1.807, 2.05) is 0 Å². The van der Waals surface area contributed by atoms with Crippen LogP contribution in [0.25, 0.3) is 0 Å². The molecule has 0 rings (SSSR count). The Morgan fingerprint density at radius 2 is 1.80 bits per heavy atom. The maximum atomic E-state index is 3.07. The van der Waals surface area contributed by atoms with Gasteiger partial charge >= 0.3 is 0 Å². The van der Waals surface area contributed by atoms with E-state index in [0.29, 0.717) is 0 Å². The van der Waals surface area contributed by atoms with Crippen molar-refractivity contribution in [2.75, 3.05) is 4.43 Å². The summed E-state index contributed by atoms with van der Waals surface area (Å²) >= 11 is 5.49. The fourth-order valence-corrected chi connectivity index (χ4v) is 1.45. The molecule has 0 bridgehead atoms. The Kier molecular flexibility index (Phi) is 10.5. The van der Waals surface area contributed by atoms with Gasteiger partial charge in [0.1, 0.15) is 0 Å². The van der Waals surface area contributed by atoms with Gasteiger partial charge in [0, 0.05) is 22.4 Å². The Bertz CT molecular complexity index is 112. The van der Waals surface area contributed by atoms with Gasteiger partial charge in [0.2, 0.25) is 0 Å². The normalized spacial score (nSPS) is 8.60. The maximum Gasteiger partial charge on any atom is 0.0106 e. The molecule has 2 heteroatoms. The van der Waals surface area contributed by atoms with Crippen molar-refractivity contribution in [3.63, 3.8) is 0 Å². The molecule has 0 amide bonds. The van der Waals surface area contributed by atoms with Crippen LogP contribution in [0.3, 0.4) is 0 Å². The van der Waals surface area contributed by atoms with Crippen LogP contribution in [0.5, 0.6) is 0 Å². The second kappa shape index (κ2) is 9.77. The summed E-state index contributed by atoms with van der Waals surface area (Å²) in [6, 6.07) is 0. The summed E-state index contributed by atoms with van der Waals surface area (Å²) in [4.78, 5) is 2.72. The number of halogens is 2. The maximum absolute atomic E-state index is 3.07. The lowest BCUT2D eigenvalue weighted by Gasteiger charge is -1.93. The van der Waals surface area contributed by atoms with Gasteiger partial charge in [-0.15, -0.1) is 0 Å². The summed E-state index contributed by atoms with van der Waals surface area (Å²) in [7, 11) is 0. The van der Waals surface area contributed by atoms with Crippen LogP contribution in [-0.4, -0.2) is 4.43 Å². The monoisotopic (exact) mass is 314 g/mol. The van der Waals surface area contributed by atoms with Crippen molar-refractivity contribution in [2.45, 2.75) is 32.1 Å². The first-order chi connectivity index (χ1) is 4.91. The van der Waals surface area contributed by atoms with Crippen molar-refractivity contribution in [3.8, 4) is 10.8 Å². The van der Waals surface area contributed by atoms with Crippen LogP contribution >= 0.6 is 38.5 Å². The summed E-state index contributed by atoms with van der Waals surface area (Å²) in [5.41, 5.74) is 0. The number of hydrogen-bond donors (Lipinski definition) is 0. The summed E-state index contributed by atoms with van der Waals surface area (Å²) in [5.74, 6) is 2.99. The highest BCUT2D eigenvalue weighted by molar-refractivity contribution is 14.1. The van der Waals surface area contributed by atoms with Crippen LogP contribution in [0.4, 0.5) is 0 Å². The molecule has 0 nitrogen and oxygen atoms in total. The number of hydrogen-bond acceptors (Lipinski definition) is 0. The highest BCUT2D eigenvalue weighted by atomic mass is 127. The lowest BCUT2D eigenvalue weighted by Crippen LogP contribution is -1.77. The predicted molar refractivity (Wildman–Crippen MR) is 58.7 cm³/mol. The van der Waals surface area contributed by atoms with Crippen molar-refractivity contribution in [2.24, 2.45) is 0 Å². The Labute approximate surface area is 85.4 Å². The molecule has 0 saturated heterocycles. The van der Waals surface area contributed by atoms with Crippen molar-refractivity contribution >= 4 is 38.5 Å². The summed E-state index contributed by atoms with van der Waals surface area (Å²) in [6.07, 6.45) is 6.38. The third-order valence-corrected chi connectivity index (χ3v) is 2.30. The van der Waals surface area contributed by atoms with E-state index in [9.17, 15) is 0 Å². The lowest BCUT2D eigenvalue weighted by molar-refractivity contribution is 0.687. The van der Waals surface area contributed by atoms with Gasteiger partial charge in [-0.1, -0.05) is 41.4 Å². The molecule has 0 aromatic rings. The van der Waals surface area contributed by atoms with E-state index in [1.165, 1.54) is 30.1 Å². The molecule has 0 N–H and O–H groups in total. The van der Waals surface area contributed by atoms with Crippen LogP contribution in [0, 0.1) is 10.8 Å². The molecule has 0 radical (unpaired) electrons. The van der Waals surface area contributed by atoms with Gasteiger partial charge in [-0.25, -0.2) is 0 Å². The first-order valence-electron chi connectivity index (χ1n) is 3.56. The van der Waals surface area contributed by atoms with Crippen LogP contribution in [0.2, 0.25) is 0 Å². The average molecular weight is 315 g/mol. The largest absolute Gasteiger partial charge is 0.0908 e. The van der Waals surface area contributed by atoms with Crippen molar-refractivity contribution < 1.29 is 0 Å². The zero-order valence-corrected chi connectivity index (χ0v) is 9.74. The Morgan fingerprint density at radius 3 is 2.40 bits per heavy atom. The summed E-state index contributed by atoms with van der Waals surface area (Å²) in [6.45, 7) is 0. The number of rotatable bonds is 5. The third-order valence-electron chi connectivity index (χ3n) is 1.25. The van der Waals surface area contributed by atoms with Crippen molar-refractivity contribution in [1.29, 1.82) is 0 Å². The minimum Gasteiger partial charge on any atom is -0.0908 e. The van der Waals surface area contributed by atoms with Gasteiger partial charge < -0.3 is 0 Å². The van der Waals surface area contributed by atoms with E-state index in [1.54, 1.807) is 0 Å². The molecule has 0 saturated carbocycles. The summed E-state index contributed by atoms with van der Waals surface area (Å²) in [5, 5.41) is 0. The zero-order valence-electron chi connectivity index (χ0n) is 6.00. The van der Waals surface area contributed by atoms with Gasteiger partial charge in [-0.3, -0.25) is 0 Å². The Morgan fingerprint density at radius 1 is 1.10 bits per heavy atom. The van der Waals surface area contributed by atoms with Crippen molar-refractivity contribution in [3.05, 3.63) is 0 Å². The second-order valence-corrected chi connectivity index (χ2v) is 3.60. The van der Waals surface area contributed by atoms with Crippen LogP contribution < -0.4 is 0 Å². The molecule has 0 heterocycles. The van der Waals surface area contributed by atoms with Gasteiger partial charge in [0.05, 0.1) is 0 Å². The minimum absolute atomic E-state index is 1.05. The fourth-order valence-electron chi connectivity index (χ4n) is 0.709. The first-order valence-corrected chi connectivity index (χ1v) is 5.88. The van der Waals surface area contributed by atoms with E-state index in [4.69, 9.17) is 0 Å². The van der Waals surface area contributed by atoms with Crippen LogP contribution in [-0.2, 0) is 0 Å². The molecule has 0 atom stereocenters. The molecule has 0 aromatic heterocycles. The van der Waals surface area contributed by atoms with Gasteiger partial charge in [-0.05, 0) is 22.1 Å². The Hall–Kier alpha value is 0.770. The van der Waals surface area contributed by atoms with E-state index in [-0.39, 0.29) is 0 Å². The number of alkyl halides is 1. The minimum atomic E-state index is 1.05. The first kappa shape index (κ1) is 10.8. The van der Waals surface area contributed by atoms with E-state index in [2.05, 4.69) is 49.3 Å². The summed E-state index contributed by atoms with van der Waals surface area (Å²) < 4.78 is 1.29. The Balaban J connectivity index is 2.82. The smallest absolute Gasteiger partial charge is 0.0106 e. The topological polar surface area (TPSA) is 0 Å². The highest BCUT2D eigenvalue weighted by Gasteiger charge is 1.85. The SMILES string of the molecule is BrC#CCCCCCCI. The average Bonchev–Trinajstić information content (AvgIpc) is 1.97. The van der Waals surface area contributed by atoms with Gasteiger partial charge in [-0.2, -0.15) is 0 Å². The molecule has 0 aromatic carbocycles. The van der Waals surface area contributed by atoms with Gasteiger partial charge in [0.25, 0.3) is 0 Å². The zero-order chi connectivity index (χ0) is 7.66. The van der Waals surface area contributed by atoms with Crippen LogP contribution in [0.1, 0.15) is 32.1 Å². The molecule has 0 spiro atoms. The molecule has 0 aliphatic carbocycles. The number of unbranched alkanes of at least 4 members (excludes halogenated alkanes) is 4. The molecular weight excluding hydrogens is 303 g/mol. The predicted octanol–water partition coefficient (Wildman–Crippen LogP) is 3.73. The van der Waals surface area contributed by atoms with E-state index >= 15 is 0 Å². The quantitative estimate of drug-likeness (QED) is 0.314. The van der Waals surface area contributed by atoms with E-state index in [0.717, 1.165) is 6.42 Å². The second-order valence-electron chi connectivity index (χ2n) is 2.12. The fraction of sp³-hybridized carbons (Fsp3) is 0.750. The molecule has 0 aliphatic rings. The van der Waals surface area contributed by atoms with Crippen molar-refractivity contribution in [1.82, 2.24) is 0 Å². The lowest BCUT2D eigenvalue weighted by atomic mass is 10.2. The van der Waals surface area contributed by atoms with Crippen LogP contribution in [0.15, 0.2) is 0 Å². The highest BCUT2D eigenvalue weighted by Crippen LogP contribution is 2.03. The molecule has 0 fully saturated rings. The molecule has 10 heavy (non-hydrogen) atoms. The third kappa shape index (κ3) is 8.77. The van der Waals surface area contributed by atoms with Gasteiger partial charge in [0.15, 0.2) is 0 Å². The molecule has 58 valence electrons. The molecular formula is C8H12BrI. The van der Waals surface area contributed by atoms with E-state index < -0.39 is 0 Å². The molecule has 0 aliphatic heterocycles. The standard InChI is InChI=1S/C8H12BrI/c9-7-5-3-1-2-4-6-8-10/h1-4,6,8H2. The molecule has 0 unspecified atom stereocenters.